The van der Waals surface area contributed by atoms with Crippen LogP contribution in [-0.2, 0) is 0 Å². The predicted octanol–water partition coefficient (Wildman–Crippen LogP) is 2.03. The fourth-order valence-corrected chi connectivity index (χ4v) is 1.25. The minimum atomic E-state index is 0. The number of nitrogens with two attached hydrogens (primary N) is 1. The predicted molar refractivity (Wildman–Crippen MR) is 63.3 cm³/mol. The number of oxime groups is 1. The maximum Gasteiger partial charge on any atom is 0.158 e. The summed E-state index contributed by atoms with van der Waals surface area (Å²) in [6.45, 7) is 0.319. The molecule has 78 valence electrons. The summed E-state index contributed by atoms with van der Waals surface area (Å²) in [4.78, 5) is 0. The molecule has 0 radical (unpaired) electrons. The van der Waals surface area contributed by atoms with Crippen molar-refractivity contribution in [2.75, 3.05) is 11.9 Å². The molecule has 1 aromatic rings. The van der Waals surface area contributed by atoms with Crippen molar-refractivity contribution in [3.05, 3.63) is 28.7 Å². The highest BCUT2D eigenvalue weighted by atomic mass is 79.9. The van der Waals surface area contributed by atoms with E-state index in [-0.39, 0.29) is 18.2 Å². The zero-order valence-electron chi connectivity index (χ0n) is 7.27. The molecule has 1 rings (SSSR count). The average Bonchev–Trinajstić information content (AvgIpc) is 2.16. The number of anilines is 1. The molecular weight excluding hydrogens is 269 g/mol. The van der Waals surface area contributed by atoms with Crippen molar-refractivity contribution in [2.45, 2.75) is 0 Å². The number of nitrogens with one attached hydrogen (secondary N) is 1. The van der Waals surface area contributed by atoms with E-state index in [9.17, 15) is 0 Å². The van der Waals surface area contributed by atoms with Gasteiger partial charge in [0.15, 0.2) is 5.84 Å². The van der Waals surface area contributed by atoms with Crippen molar-refractivity contribution in [1.29, 1.82) is 0 Å². The summed E-state index contributed by atoms with van der Waals surface area (Å²) in [5.74, 6) is 0.149. The molecule has 0 bridgehead atoms. The SMILES string of the molecule is Cl.NC(CNc1ccccc1Br)=NO. The quantitative estimate of drug-likeness (QED) is 0.343. The topological polar surface area (TPSA) is 70.6 Å². The van der Waals surface area contributed by atoms with Crippen LogP contribution in [0.1, 0.15) is 0 Å². The zero-order valence-corrected chi connectivity index (χ0v) is 9.68. The highest BCUT2D eigenvalue weighted by Crippen LogP contribution is 2.20. The minimum Gasteiger partial charge on any atom is -0.409 e. The van der Waals surface area contributed by atoms with E-state index in [2.05, 4.69) is 26.4 Å². The van der Waals surface area contributed by atoms with Crippen LogP contribution in [-0.4, -0.2) is 17.6 Å². The zero-order chi connectivity index (χ0) is 9.68. The molecule has 14 heavy (non-hydrogen) atoms. The Morgan fingerprint density at radius 1 is 1.50 bits per heavy atom. The number of benzene rings is 1. The van der Waals surface area contributed by atoms with E-state index in [1.54, 1.807) is 0 Å². The van der Waals surface area contributed by atoms with Crippen molar-refractivity contribution < 1.29 is 5.21 Å². The van der Waals surface area contributed by atoms with Gasteiger partial charge in [-0.25, -0.2) is 0 Å². The first kappa shape index (κ1) is 13.1. The van der Waals surface area contributed by atoms with Crippen LogP contribution in [0.2, 0.25) is 0 Å². The smallest absolute Gasteiger partial charge is 0.158 e. The molecule has 0 aliphatic carbocycles. The van der Waals surface area contributed by atoms with Crippen LogP contribution in [0.4, 0.5) is 5.69 Å². The normalized spacial score (nSPS) is 10.5. The van der Waals surface area contributed by atoms with Crippen LogP contribution < -0.4 is 11.1 Å². The van der Waals surface area contributed by atoms with E-state index in [0.717, 1.165) is 10.2 Å². The average molecular weight is 281 g/mol. The van der Waals surface area contributed by atoms with E-state index in [1.165, 1.54) is 0 Å². The summed E-state index contributed by atoms with van der Waals surface area (Å²) in [5, 5.41) is 14.1. The van der Waals surface area contributed by atoms with Crippen LogP contribution in [0.15, 0.2) is 33.9 Å². The maximum atomic E-state index is 8.29. The van der Waals surface area contributed by atoms with Crippen LogP contribution in [0.5, 0.6) is 0 Å². The molecule has 6 heteroatoms. The molecule has 0 amide bonds. The molecule has 4 nitrogen and oxygen atoms in total. The largest absolute Gasteiger partial charge is 0.409 e. The van der Waals surface area contributed by atoms with E-state index in [0.29, 0.717) is 6.54 Å². The molecule has 0 unspecified atom stereocenters. The van der Waals surface area contributed by atoms with Crippen molar-refractivity contribution in [3.8, 4) is 0 Å². The molecule has 0 saturated heterocycles. The Morgan fingerprint density at radius 2 is 2.14 bits per heavy atom. The molecule has 0 saturated carbocycles. The lowest BCUT2D eigenvalue weighted by atomic mass is 10.3. The van der Waals surface area contributed by atoms with Gasteiger partial charge in [0.2, 0.25) is 0 Å². The van der Waals surface area contributed by atoms with E-state index in [1.807, 2.05) is 24.3 Å². The molecule has 0 aliphatic heterocycles. The summed E-state index contributed by atoms with van der Waals surface area (Å²) in [6.07, 6.45) is 0. The Labute approximate surface area is 96.7 Å². The number of rotatable bonds is 3. The minimum absolute atomic E-state index is 0. The van der Waals surface area contributed by atoms with Gasteiger partial charge in [-0.3, -0.25) is 0 Å². The number of para-hydroxylation sites is 1. The Balaban J connectivity index is 0.00000169. The van der Waals surface area contributed by atoms with Crippen LogP contribution in [0.3, 0.4) is 0 Å². The standard InChI is InChI=1S/C8H10BrN3O.ClH/c9-6-3-1-2-4-7(6)11-5-8(10)12-13;/h1-4,11,13H,5H2,(H2,10,12);1H. The van der Waals surface area contributed by atoms with Gasteiger partial charge < -0.3 is 16.3 Å². The van der Waals surface area contributed by atoms with Gasteiger partial charge in [0, 0.05) is 10.2 Å². The monoisotopic (exact) mass is 279 g/mol. The summed E-state index contributed by atoms with van der Waals surface area (Å²) in [6, 6.07) is 7.63. The molecular formula is C8H11BrClN3O. The van der Waals surface area contributed by atoms with Gasteiger partial charge in [-0.2, -0.15) is 0 Å². The van der Waals surface area contributed by atoms with Crippen molar-refractivity contribution in [2.24, 2.45) is 10.9 Å². The Bertz CT molecular complexity index is 319. The third-order valence-electron chi connectivity index (χ3n) is 1.46. The van der Waals surface area contributed by atoms with Crippen LogP contribution >= 0.6 is 28.3 Å². The second kappa shape index (κ2) is 6.50. The molecule has 0 atom stereocenters. The first-order valence-corrected chi connectivity index (χ1v) is 4.48. The van der Waals surface area contributed by atoms with Gasteiger partial charge in [-0.05, 0) is 28.1 Å². The molecule has 0 heterocycles. The summed E-state index contributed by atoms with van der Waals surface area (Å²) >= 11 is 3.36. The molecule has 0 fully saturated rings. The lowest BCUT2D eigenvalue weighted by molar-refractivity contribution is 0.317. The highest BCUT2D eigenvalue weighted by Gasteiger charge is 1.97. The first-order valence-electron chi connectivity index (χ1n) is 3.69. The summed E-state index contributed by atoms with van der Waals surface area (Å²) in [7, 11) is 0. The Kier molecular flexibility index (Phi) is 6.07. The molecule has 0 spiro atoms. The second-order valence-corrected chi connectivity index (χ2v) is 3.28. The van der Waals surface area contributed by atoms with Gasteiger partial charge in [-0.1, -0.05) is 17.3 Å². The number of hydrogen-bond donors (Lipinski definition) is 3. The van der Waals surface area contributed by atoms with Crippen molar-refractivity contribution >= 4 is 39.9 Å². The maximum absolute atomic E-state index is 8.29. The van der Waals surface area contributed by atoms with Gasteiger partial charge >= 0.3 is 0 Å². The first-order chi connectivity index (χ1) is 6.24. The van der Waals surface area contributed by atoms with E-state index < -0.39 is 0 Å². The lowest BCUT2D eigenvalue weighted by Gasteiger charge is -2.06. The highest BCUT2D eigenvalue weighted by molar-refractivity contribution is 9.10. The number of hydrogen-bond acceptors (Lipinski definition) is 3. The number of amidine groups is 1. The van der Waals surface area contributed by atoms with Gasteiger partial charge in [0.25, 0.3) is 0 Å². The van der Waals surface area contributed by atoms with Crippen LogP contribution in [0.25, 0.3) is 0 Å². The molecule has 0 aromatic heterocycles. The molecule has 4 N–H and O–H groups in total. The third kappa shape index (κ3) is 3.85. The van der Waals surface area contributed by atoms with Gasteiger partial charge in [0.05, 0.1) is 6.54 Å². The number of nitrogens with zero attached hydrogens (tertiary/aromatic N) is 1. The molecule has 0 aliphatic rings. The summed E-state index contributed by atoms with van der Waals surface area (Å²) < 4.78 is 0.945. The third-order valence-corrected chi connectivity index (χ3v) is 2.15. The Hall–Kier alpha value is -0.940. The van der Waals surface area contributed by atoms with Crippen molar-refractivity contribution in [3.63, 3.8) is 0 Å². The van der Waals surface area contributed by atoms with E-state index in [4.69, 9.17) is 10.9 Å². The lowest BCUT2D eigenvalue weighted by Crippen LogP contribution is -2.22. The van der Waals surface area contributed by atoms with E-state index >= 15 is 0 Å². The molecule has 1 aromatic carbocycles. The van der Waals surface area contributed by atoms with Crippen molar-refractivity contribution in [1.82, 2.24) is 0 Å². The number of halogens is 2. The van der Waals surface area contributed by atoms with Gasteiger partial charge in [0.1, 0.15) is 0 Å². The Morgan fingerprint density at radius 3 is 2.71 bits per heavy atom. The second-order valence-electron chi connectivity index (χ2n) is 2.42. The fourth-order valence-electron chi connectivity index (χ4n) is 0.826. The summed E-state index contributed by atoms with van der Waals surface area (Å²) in [5.41, 5.74) is 6.20. The van der Waals surface area contributed by atoms with Crippen LogP contribution in [0, 0.1) is 0 Å². The van der Waals surface area contributed by atoms with Gasteiger partial charge in [-0.15, -0.1) is 12.4 Å². The fraction of sp³-hybridized carbons (Fsp3) is 0.125.